The van der Waals surface area contributed by atoms with E-state index in [4.69, 9.17) is 23.2 Å². The zero-order valence-corrected chi connectivity index (χ0v) is 19.2. The molecule has 7 rings (SSSR count). The summed E-state index contributed by atoms with van der Waals surface area (Å²) in [6.07, 6.45) is 9.80. The lowest BCUT2D eigenvalue weighted by Crippen LogP contribution is -2.38. The van der Waals surface area contributed by atoms with E-state index in [9.17, 15) is 9.59 Å². The summed E-state index contributed by atoms with van der Waals surface area (Å²) in [6.45, 7) is 0.603. The molecule has 0 N–H and O–H groups in total. The van der Waals surface area contributed by atoms with Crippen LogP contribution in [0.4, 0.5) is 0 Å². The molecule has 1 saturated heterocycles. The fourth-order valence-electron chi connectivity index (χ4n) is 5.64. The number of para-hydroxylation sites is 1. The Morgan fingerprint density at radius 3 is 2.30 bits per heavy atom. The maximum atomic E-state index is 13.1. The maximum absolute atomic E-state index is 13.1. The lowest BCUT2D eigenvalue weighted by atomic mass is 9.63. The highest BCUT2D eigenvalue weighted by Gasteiger charge is 2.56. The van der Waals surface area contributed by atoms with Gasteiger partial charge in [-0.15, -0.1) is 0 Å². The zero-order valence-electron chi connectivity index (χ0n) is 17.7. The molecule has 5 nitrogen and oxygen atoms in total. The van der Waals surface area contributed by atoms with Crippen LogP contribution < -0.4 is 0 Å². The standard InChI is InChI=1S/C26H21Cl2N3O2/c27-20-10-5-15(11-21(20)28)13-30-14-18(19-3-1-2-4-22(19)30)12-29-31-25(32)23-16-6-7-17(9-8-16)24(23)26(31)33/h1-7,10-12,14,16-17,23-24H,8-9,13H2/b29-12+. The van der Waals surface area contributed by atoms with Crippen LogP contribution in [0, 0.1) is 23.7 Å². The average Bonchev–Trinajstić information content (AvgIpc) is 3.31. The van der Waals surface area contributed by atoms with Crippen LogP contribution in [0.1, 0.15) is 24.0 Å². The Kier molecular flexibility index (Phi) is 4.93. The topological polar surface area (TPSA) is 54.7 Å². The molecule has 1 aliphatic heterocycles. The summed E-state index contributed by atoms with van der Waals surface area (Å²) in [5, 5.41) is 7.55. The van der Waals surface area contributed by atoms with E-state index in [-0.39, 0.29) is 35.5 Å². The van der Waals surface area contributed by atoms with Crippen molar-refractivity contribution in [2.75, 3.05) is 0 Å². The number of hydrazone groups is 1. The molecule has 0 radical (unpaired) electrons. The number of carbonyl (C=O) groups is 2. The first-order valence-corrected chi connectivity index (χ1v) is 11.9. The van der Waals surface area contributed by atoms with Gasteiger partial charge in [0.15, 0.2) is 0 Å². The van der Waals surface area contributed by atoms with Crippen LogP contribution in [0.5, 0.6) is 0 Å². The summed E-state index contributed by atoms with van der Waals surface area (Å²) in [5.41, 5.74) is 2.90. The highest BCUT2D eigenvalue weighted by molar-refractivity contribution is 6.42. The average molecular weight is 478 g/mol. The minimum absolute atomic E-state index is 0.157. The predicted molar refractivity (Wildman–Crippen MR) is 129 cm³/mol. The maximum Gasteiger partial charge on any atom is 0.254 e. The second kappa shape index (κ2) is 7.86. The molecule has 1 aromatic heterocycles. The molecule has 4 unspecified atom stereocenters. The molecule has 3 aromatic rings. The van der Waals surface area contributed by atoms with Crippen molar-refractivity contribution in [3.63, 3.8) is 0 Å². The van der Waals surface area contributed by atoms with Gasteiger partial charge >= 0.3 is 0 Å². The highest BCUT2D eigenvalue weighted by atomic mass is 35.5. The van der Waals surface area contributed by atoms with Crippen LogP contribution in [0.25, 0.3) is 10.9 Å². The van der Waals surface area contributed by atoms with Gasteiger partial charge in [-0.1, -0.05) is 59.6 Å². The van der Waals surface area contributed by atoms with Crippen molar-refractivity contribution in [2.24, 2.45) is 28.8 Å². The third kappa shape index (κ3) is 3.33. The van der Waals surface area contributed by atoms with Crippen LogP contribution in [0.15, 0.2) is 65.9 Å². The van der Waals surface area contributed by atoms with E-state index in [1.165, 1.54) is 0 Å². The Morgan fingerprint density at radius 1 is 0.939 bits per heavy atom. The van der Waals surface area contributed by atoms with Crippen molar-refractivity contribution in [3.05, 3.63) is 82.0 Å². The Labute approximate surface area is 201 Å². The number of nitrogens with zero attached hydrogens (tertiary/aromatic N) is 3. The van der Waals surface area contributed by atoms with Gasteiger partial charge in [0.05, 0.1) is 28.1 Å². The summed E-state index contributed by atoms with van der Waals surface area (Å²) in [5.74, 6) is -0.530. The number of fused-ring (bicyclic) bond motifs is 2. The van der Waals surface area contributed by atoms with E-state index in [2.05, 4.69) is 21.8 Å². The molecule has 33 heavy (non-hydrogen) atoms. The van der Waals surface area contributed by atoms with Crippen molar-refractivity contribution in [3.8, 4) is 0 Å². The van der Waals surface area contributed by atoms with Gasteiger partial charge in [-0.25, -0.2) is 0 Å². The van der Waals surface area contributed by atoms with E-state index < -0.39 is 0 Å². The van der Waals surface area contributed by atoms with Crippen LogP contribution in [0.3, 0.4) is 0 Å². The first kappa shape index (κ1) is 20.7. The van der Waals surface area contributed by atoms with Gasteiger partial charge in [0.1, 0.15) is 0 Å². The summed E-state index contributed by atoms with van der Waals surface area (Å²) in [6, 6.07) is 13.6. The van der Waals surface area contributed by atoms with Crippen molar-refractivity contribution in [1.29, 1.82) is 0 Å². The quantitative estimate of drug-likeness (QED) is 0.282. The number of halogens is 2. The third-order valence-electron chi connectivity index (χ3n) is 7.20. The molecular weight excluding hydrogens is 457 g/mol. The molecule has 7 heteroatoms. The van der Waals surface area contributed by atoms with Gasteiger partial charge in [-0.05, 0) is 48.4 Å². The molecule has 2 amide bonds. The normalized spacial score (nSPS) is 26.2. The molecule has 166 valence electrons. The lowest BCUT2D eigenvalue weighted by molar-refractivity contribution is -0.140. The number of allylic oxidation sites excluding steroid dienone is 2. The first-order chi connectivity index (χ1) is 16.0. The van der Waals surface area contributed by atoms with Gasteiger partial charge in [-0.3, -0.25) is 9.59 Å². The zero-order chi connectivity index (χ0) is 22.7. The summed E-state index contributed by atoms with van der Waals surface area (Å²) in [7, 11) is 0. The molecule has 2 heterocycles. The minimum Gasteiger partial charge on any atom is -0.342 e. The van der Waals surface area contributed by atoms with Crippen LogP contribution in [0.2, 0.25) is 10.0 Å². The number of rotatable bonds is 4. The van der Waals surface area contributed by atoms with E-state index in [1.54, 1.807) is 12.3 Å². The number of hydrogen-bond donors (Lipinski definition) is 0. The number of benzene rings is 2. The fourth-order valence-corrected chi connectivity index (χ4v) is 5.96. The minimum atomic E-state index is -0.255. The van der Waals surface area contributed by atoms with Gasteiger partial charge in [0, 0.05) is 29.2 Å². The first-order valence-electron chi connectivity index (χ1n) is 11.1. The van der Waals surface area contributed by atoms with E-state index in [0.717, 1.165) is 39.9 Å². The van der Waals surface area contributed by atoms with Crippen molar-refractivity contribution in [2.45, 2.75) is 19.4 Å². The van der Waals surface area contributed by atoms with Gasteiger partial charge in [-0.2, -0.15) is 10.1 Å². The van der Waals surface area contributed by atoms with Crippen molar-refractivity contribution >= 4 is 52.1 Å². The Bertz CT molecular complexity index is 1330. The number of amides is 2. The van der Waals surface area contributed by atoms with Gasteiger partial charge in [0.2, 0.25) is 0 Å². The number of hydrogen-bond acceptors (Lipinski definition) is 3. The van der Waals surface area contributed by atoms with E-state index in [0.29, 0.717) is 16.6 Å². The lowest BCUT2D eigenvalue weighted by Gasteiger charge is -2.37. The van der Waals surface area contributed by atoms with E-state index >= 15 is 0 Å². The highest BCUT2D eigenvalue weighted by Crippen LogP contribution is 2.49. The van der Waals surface area contributed by atoms with Gasteiger partial charge < -0.3 is 4.57 Å². The molecular formula is C26H21Cl2N3O2. The molecule has 4 aliphatic rings. The SMILES string of the molecule is O=C1C2C3C=CC(CC3)C2C(=O)N1/N=C/c1cn(Cc2ccc(Cl)c(Cl)c2)c2ccccc12. The third-order valence-corrected chi connectivity index (χ3v) is 7.94. The number of carbonyl (C=O) groups excluding carboxylic acids is 2. The predicted octanol–water partition coefficient (Wildman–Crippen LogP) is 5.53. The molecule has 2 aromatic carbocycles. The molecule has 2 fully saturated rings. The molecule has 0 spiro atoms. The second-order valence-corrected chi connectivity index (χ2v) is 9.87. The molecule has 1 saturated carbocycles. The van der Waals surface area contributed by atoms with Crippen LogP contribution >= 0.6 is 23.2 Å². The Morgan fingerprint density at radius 2 is 1.64 bits per heavy atom. The van der Waals surface area contributed by atoms with Gasteiger partial charge in [0.25, 0.3) is 11.8 Å². The summed E-state index contributed by atoms with van der Waals surface area (Å²) in [4.78, 5) is 26.1. The van der Waals surface area contributed by atoms with E-state index in [1.807, 2.05) is 42.6 Å². The number of imide groups is 1. The van der Waals surface area contributed by atoms with Crippen LogP contribution in [-0.4, -0.2) is 27.6 Å². The van der Waals surface area contributed by atoms with Crippen molar-refractivity contribution in [1.82, 2.24) is 9.58 Å². The van der Waals surface area contributed by atoms with Crippen LogP contribution in [-0.2, 0) is 16.1 Å². The number of aromatic nitrogens is 1. The molecule has 3 aliphatic carbocycles. The molecule has 2 bridgehead atoms. The summed E-state index contributed by atoms with van der Waals surface area (Å²) < 4.78 is 2.10. The second-order valence-electron chi connectivity index (χ2n) is 9.05. The fraction of sp³-hybridized carbons (Fsp3) is 0.269. The Balaban J connectivity index is 1.32. The monoisotopic (exact) mass is 477 g/mol. The molecule has 4 atom stereocenters. The smallest absolute Gasteiger partial charge is 0.254 e. The largest absolute Gasteiger partial charge is 0.342 e. The van der Waals surface area contributed by atoms with Crippen molar-refractivity contribution < 1.29 is 9.59 Å². The Hall–Kier alpha value is -2.89. The summed E-state index contributed by atoms with van der Waals surface area (Å²) >= 11 is 12.3.